The predicted octanol–water partition coefficient (Wildman–Crippen LogP) is 5.71. The van der Waals surface area contributed by atoms with Gasteiger partial charge in [-0.05, 0) is 85.3 Å². The maximum atomic E-state index is 6.49. The van der Waals surface area contributed by atoms with Gasteiger partial charge in [0.25, 0.3) is 0 Å². The molecular formula is C25H33FeN. The van der Waals surface area contributed by atoms with Gasteiger partial charge < -0.3 is 5.73 Å². The number of benzene rings is 1. The van der Waals surface area contributed by atoms with E-state index in [-0.39, 0.29) is 33.9 Å². The minimum atomic E-state index is -0.0524. The van der Waals surface area contributed by atoms with E-state index < -0.39 is 0 Å². The summed E-state index contributed by atoms with van der Waals surface area (Å²) < 4.78 is 0. The smallest absolute Gasteiger partial charge is 0.0364 e. The maximum Gasteiger partial charge on any atom is 0.0364 e. The van der Waals surface area contributed by atoms with Gasteiger partial charge in [0.2, 0.25) is 0 Å². The fraction of sp³-hybridized carbons (Fsp3) is 0.360. The standard InChI is InChI=1S/C20H28N.C5H5.Fe/c1-19(2,3)16-11-15(12-17(13-16)20(4,5)6)18(21)14-9-7-8-10-14;1-2-4-5-3-1;/h7-13,18H,21H2,1-6H3;1-5H;/t18-;;/m0../s1. The third-order valence-electron chi connectivity index (χ3n) is 4.65. The normalized spacial score (nSPS) is 19.2. The van der Waals surface area contributed by atoms with Crippen molar-refractivity contribution in [2.24, 2.45) is 5.73 Å². The van der Waals surface area contributed by atoms with Crippen molar-refractivity contribution in [3.63, 3.8) is 0 Å². The van der Waals surface area contributed by atoms with Crippen LogP contribution in [0.1, 0.15) is 64.3 Å². The summed E-state index contributed by atoms with van der Waals surface area (Å²) in [5.41, 5.74) is 10.7. The molecule has 1 nitrogen and oxygen atoms in total. The van der Waals surface area contributed by atoms with Gasteiger partial charge in [0.15, 0.2) is 0 Å². The van der Waals surface area contributed by atoms with Crippen molar-refractivity contribution in [3.8, 4) is 0 Å². The largest absolute Gasteiger partial charge is 0.323 e. The van der Waals surface area contributed by atoms with Gasteiger partial charge in [-0.1, -0.05) is 59.7 Å². The van der Waals surface area contributed by atoms with Crippen molar-refractivity contribution in [3.05, 3.63) is 98.6 Å². The molecule has 2 aliphatic rings. The summed E-state index contributed by atoms with van der Waals surface area (Å²) in [5.74, 6) is 1.18. The summed E-state index contributed by atoms with van der Waals surface area (Å²) in [6.45, 7) is 13.5. The molecule has 10 radical (unpaired) electrons. The van der Waals surface area contributed by atoms with Gasteiger partial charge in [-0.3, -0.25) is 0 Å². The van der Waals surface area contributed by atoms with Crippen LogP contribution in [0.4, 0.5) is 0 Å². The van der Waals surface area contributed by atoms with Crippen LogP contribution >= 0.6 is 0 Å². The summed E-state index contributed by atoms with van der Waals surface area (Å²) >= 11 is 0. The van der Waals surface area contributed by atoms with Gasteiger partial charge in [-0.25, -0.2) is 0 Å². The molecule has 27 heavy (non-hydrogen) atoms. The summed E-state index contributed by atoms with van der Waals surface area (Å²) in [4.78, 5) is 0. The fourth-order valence-electron chi connectivity index (χ4n) is 2.81. The van der Waals surface area contributed by atoms with Crippen LogP contribution in [0.15, 0.2) is 18.2 Å². The molecule has 2 aliphatic carbocycles. The molecule has 2 saturated carbocycles. The van der Waals surface area contributed by atoms with Crippen molar-refractivity contribution in [2.75, 3.05) is 0 Å². The molecule has 1 atom stereocenters. The van der Waals surface area contributed by atoms with Gasteiger partial charge in [0, 0.05) is 29.0 Å². The second-order valence-electron chi connectivity index (χ2n) is 9.00. The van der Waals surface area contributed by atoms with E-state index in [0.29, 0.717) is 0 Å². The van der Waals surface area contributed by atoms with Crippen LogP contribution in [-0.2, 0) is 27.9 Å². The predicted molar refractivity (Wildman–Crippen MR) is 113 cm³/mol. The second-order valence-corrected chi connectivity index (χ2v) is 9.00. The van der Waals surface area contributed by atoms with Crippen LogP contribution in [0.3, 0.4) is 0 Å². The minimum Gasteiger partial charge on any atom is -0.323 e. The number of nitrogens with two attached hydrogens (primary N) is 1. The quantitative estimate of drug-likeness (QED) is 0.630. The Hall–Kier alpha value is -0.301. The van der Waals surface area contributed by atoms with Crippen molar-refractivity contribution in [1.29, 1.82) is 0 Å². The van der Waals surface area contributed by atoms with Crippen LogP contribution in [0, 0.1) is 63.7 Å². The molecule has 1 aromatic rings. The Bertz CT molecular complexity index is 515. The van der Waals surface area contributed by atoms with Crippen LogP contribution in [0.25, 0.3) is 0 Å². The first-order valence-electron chi connectivity index (χ1n) is 9.39. The molecule has 2 fully saturated rings. The molecule has 0 aromatic heterocycles. The molecule has 0 unspecified atom stereocenters. The van der Waals surface area contributed by atoms with Crippen LogP contribution in [0.5, 0.6) is 0 Å². The molecule has 3 rings (SSSR count). The Labute approximate surface area is 179 Å². The van der Waals surface area contributed by atoms with E-state index >= 15 is 0 Å². The number of hydrogen-bond donors (Lipinski definition) is 1. The van der Waals surface area contributed by atoms with Gasteiger partial charge in [0.1, 0.15) is 0 Å². The van der Waals surface area contributed by atoms with Crippen LogP contribution in [-0.4, -0.2) is 0 Å². The zero-order chi connectivity index (χ0) is 19.4. The van der Waals surface area contributed by atoms with E-state index in [4.69, 9.17) is 5.73 Å². The monoisotopic (exact) mass is 403 g/mol. The van der Waals surface area contributed by atoms with E-state index in [0.717, 1.165) is 0 Å². The first-order chi connectivity index (χ1) is 12.1. The SMILES string of the molecule is CC(C)(C)c1cc([C@@H](N)[C]2[CH][CH][CH][CH]2)cc(C(C)(C)C)c1.[CH]1[CH][CH][CH][CH]1.[Fe]. The summed E-state index contributed by atoms with van der Waals surface area (Å²) in [6, 6.07) is 6.82. The molecule has 2 heteroatoms. The Morgan fingerprint density at radius 3 is 1.33 bits per heavy atom. The van der Waals surface area contributed by atoms with Crippen molar-refractivity contribution >= 4 is 0 Å². The molecule has 0 saturated heterocycles. The zero-order valence-corrected chi connectivity index (χ0v) is 18.5. The van der Waals surface area contributed by atoms with E-state index in [1.165, 1.54) is 22.6 Å². The molecule has 0 aliphatic heterocycles. The first-order valence-corrected chi connectivity index (χ1v) is 9.39. The summed E-state index contributed by atoms with van der Waals surface area (Å²) in [5, 5.41) is 0. The van der Waals surface area contributed by atoms with Gasteiger partial charge in [-0.2, -0.15) is 0 Å². The first kappa shape index (κ1) is 24.7. The maximum absolute atomic E-state index is 6.49. The van der Waals surface area contributed by atoms with Gasteiger partial charge in [0.05, 0.1) is 0 Å². The van der Waals surface area contributed by atoms with E-state index in [9.17, 15) is 0 Å². The van der Waals surface area contributed by atoms with Crippen molar-refractivity contribution < 1.29 is 17.1 Å². The van der Waals surface area contributed by atoms with Crippen molar-refractivity contribution in [1.82, 2.24) is 0 Å². The molecule has 0 amide bonds. The van der Waals surface area contributed by atoms with Crippen molar-refractivity contribution in [2.45, 2.75) is 58.4 Å². The zero-order valence-electron chi connectivity index (χ0n) is 17.4. The molecule has 0 heterocycles. The Kier molecular flexibility index (Phi) is 9.59. The molecule has 0 bridgehead atoms. The van der Waals surface area contributed by atoms with Gasteiger partial charge >= 0.3 is 0 Å². The average molecular weight is 403 g/mol. The van der Waals surface area contributed by atoms with E-state index in [1.807, 2.05) is 44.9 Å². The summed E-state index contributed by atoms with van der Waals surface area (Å²) in [7, 11) is 0. The van der Waals surface area contributed by atoms with Crippen LogP contribution < -0.4 is 5.73 Å². The van der Waals surface area contributed by atoms with E-state index in [2.05, 4.69) is 72.6 Å². The Balaban J connectivity index is 0.000000526. The van der Waals surface area contributed by atoms with Crippen LogP contribution in [0.2, 0.25) is 0 Å². The fourth-order valence-corrected chi connectivity index (χ4v) is 2.81. The Morgan fingerprint density at radius 2 is 1.00 bits per heavy atom. The Morgan fingerprint density at radius 1 is 0.630 bits per heavy atom. The molecular weight excluding hydrogens is 370 g/mol. The number of hydrogen-bond acceptors (Lipinski definition) is 1. The second kappa shape index (κ2) is 10.5. The molecule has 146 valence electrons. The number of rotatable bonds is 2. The minimum absolute atomic E-state index is 0. The molecule has 2 N–H and O–H groups in total. The topological polar surface area (TPSA) is 26.0 Å². The summed E-state index contributed by atoms with van der Waals surface area (Å²) in [6.07, 6.45) is 18.3. The van der Waals surface area contributed by atoms with Gasteiger partial charge in [-0.15, -0.1) is 0 Å². The average Bonchev–Trinajstić information content (AvgIpc) is 3.27. The molecule has 1 aromatic carbocycles. The third kappa shape index (κ3) is 7.56. The third-order valence-corrected chi connectivity index (χ3v) is 4.65. The van der Waals surface area contributed by atoms with E-state index in [1.54, 1.807) is 0 Å². The molecule has 0 spiro atoms.